The molecule has 3 nitrogen and oxygen atoms in total. The largest absolute Gasteiger partial charge is 0.484 e. The predicted octanol–water partition coefficient (Wildman–Crippen LogP) is 2.55. The molecule has 0 heterocycles. The number of hydrogen-bond acceptors (Lipinski definition) is 3. The predicted molar refractivity (Wildman–Crippen MR) is 49.3 cm³/mol. The molecule has 0 amide bonds. The minimum atomic E-state index is -4.39. The van der Waals surface area contributed by atoms with Crippen molar-refractivity contribution < 1.29 is 27.4 Å². The summed E-state index contributed by atoms with van der Waals surface area (Å²) >= 11 is 0. The molecule has 0 radical (unpaired) electrons. The van der Waals surface area contributed by atoms with Crippen molar-refractivity contribution in [3.8, 4) is 11.5 Å². The summed E-state index contributed by atoms with van der Waals surface area (Å²) < 4.78 is 44.7. The first-order chi connectivity index (χ1) is 7.37. The zero-order valence-corrected chi connectivity index (χ0v) is 8.38. The molecule has 0 aromatic heterocycles. The van der Waals surface area contributed by atoms with E-state index in [0.717, 1.165) is 0 Å². The molecule has 0 saturated heterocycles. The van der Waals surface area contributed by atoms with Gasteiger partial charge >= 0.3 is 12.1 Å². The fraction of sp³-hybridized carbons (Fsp3) is 0.300. The van der Waals surface area contributed by atoms with Gasteiger partial charge in [-0.1, -0.05) is 6.07 Å². The minimum absolute atomic E-state index is 0.00363. The molecule has 0 aliphatic carbocycles. The SMILES string of the molecule is CC(=O)Oc1cccc(OCC(F)(F)F)c1. The van der Waals surface area contributed by atoms with Crippen LogP contribution in [-0.2, 0) is 4.79 Å². The van der Waals surface area contributed by atoms with Crippen molar-refractivity contribution in [3.63, 3.8) is 0 Å². The number of ether oxygens (including phenoxy) is 2. The Morgan fingerprint density at radius 2 is 1.94 bits per heavy atom. The molecule has 0 aliphatic rings. The van der Waals surface area contributed by atoms with Crippen LogP contribution in [0, 0.1) is 0 Å². The van der Waals surface area contributed by atoms with Crippen LogP contribution in [-0.4, -0.2) is 18.8 Å². The quantitative estimate of drug-likeness (QED) is 0.595. The van der Waals surface area contributed by atoms with Gasteiger partial charge < -0.3 is 9.47 Å². The highest BCUT2D eigenvalue weighted by atomic mass is 19.4. The summed E-state index contributed by atoms with van der Waals surface area (Å²) in [6, 6.07) is 5.44. The molecule has 0 atom stereocenters. The summed E-state index contributed by atoms with van der Waals surface area (Å²) in [5.74, 6) is -0.406. The molecule has 1 aromatic carbocycles. The number of esters is 1. The third-order valence-corrected chi connectivity index (χ3v) is 1.47. The number of halogens is 3. The van der Waals surface area contributed by atoms with Crippen molar-refractivity contribution in [2.45, 2.75) is 13.1 Å². The average Bonchev–Trinajstić information content (AvgIpc) is 2.13. The van der Waals surface area contributed by atoms with E-state index in [9.17, 15) is 18.0 Å². The Morgan fingerprint density at radius 1 is 1.31 bits per heavy atom. The summed E-state index contributed by atoms with van der Waals surface area (Å²) in [4.78, 5) is 10.6. The van der Waals surface area contributed by atoms with Crippen molar-refractivity contribution in [3.05, 3.63) is 24.3 Å². The summed E-state index contributed by atoms with van der Waals surface area (Å²) in [6.45, 7) is -0.181. The van der Waals surface area contributed by atoms with Crippen LogP contribution >= 0.6 is 0 Å². The van der Waals surface area contributed by atoms with Crippen LogP contribution in [0.5, 0.6) is 11.5 Å². The first-order valence-corrected chi connectivity index (χ1v) is 4.35. The number of carbonyl (C=O) groups excluding carboxylic acids is 1. The lowest BCUT2D eigenvalue weighted by Crippen LogP contribution is -2.19. The number of benzene rings is 1. The van der Waals surface area contributed by atoms with Crippen molar-refractivity contribution in [1.82, 2.24) is 0 Å². The van der Waals surface area contributed by atoms with Gasteiger partial charge in [-0.05, 0) is 12.1 Å². The van der Waals surface area contributed by atoms with Crippen LogP contribution in [0.25, 0.3) is 0 Å². The fourth-order valence-electron chi connectivity index (χ4n) is 0.959. The molecule has 0 bridgehead atoms. The van der Waals surface area contributed by atoms with Gasteiger partial charge in [-0.25, -0.2) is 0 Å². The lowest BCUT2D eigenvalue weighted by Gasteiger charge is -2.09. The molecule has 0 aliphatic heterocycles. The fourth-order valence-corrected chi connectivity index (χ4v) is 0.959. The van der Waals surface area contributed by atoms with E-state index in [1.807, 2.05) is 0 Å². The zero-order valence-electron chi connectivity index (χ0n) is 8.38. The van der Waals surface area contributed by atoms with Crippen molar-refractivity contribution in [2.24, 2.45) is 0 Å². The standard InChI is InChI=1S/C10H9F3O3/c1-7(14)16-9-4-2-3-8(5-9)15-6-10(11,12)13/h2-5H,6H2,1H3. The van der Waals surface area contributed by atoms with E-state index in [-0.39, 0.29) is 11.5 Å². The van der Waals surface area contributed by atoms with Gasteiger partial charge in [0.1, 0.15) is 11.5 Å². The van der Waals surface area contributed by atoms with Crippen molar-refractivity contribution >= 4 is 5.97 Å². The molecule has 0 saturated carbocycles. The van der Waals surface area contributed by atoms with Crippen LogP contribution in [0.2, 0.25) is 0 Å². The Kier molecular flexibility index (Phi) is 3.76. The molecule has 16 heavy (non-hydrogen) atoms. The number of alkyl halides is 3. The molecule has 0 spiro atoms. The smallest absolute Gasteiger partial charge is 0.422 e. The van der Waals surface area contributed by atoms with Crippen LogP contribution in [0.4, 0.5) is 13.2 Å². The van der Waals surface area contributed by atoms with Crippen LogP contribution in [0.15, 0.2) is 24.3 Å². The second-order valence-corrected chi connectivity index (χ2v) is 2.97. The van der Waals surface area contributed by atoms with Crippen LogP contribution in [0.3, 0.4) is 0 Å². The van der Waals surface area contributed by atoms with Gasteiger partial charge in [-0.2, -0.15) is 13.2 Å². The Labute approximate surface area is 89.8 Å². The number of hydrogen-bond donors (Lipinski definition) is 0. The molecule has 1 rings (SSSR count). The van der Waals surface area contributed by atoms with Gasteiger partial charge in [0.2, 0.25) is 0 Å². The van der Waals surface area contributed by atoms with E-state index >= 15 is 0 Å². The molecule has 6 heteroatoms. The maximum atomic E-state index is 11.8. The number of carbonyl (C=O) groups is 1. The minimum Gasteiger partial charge on any atom is -0.484 e. The van der Waals surface area contributed by atoms with Crippen molar-refractivity contribution in [1.29, 1.82) is 0 Å². The first-order valence-electron chi connectivity index (χ1n) is 4.35. The average molecular weight is 234 g/mol. The maximum Gasteiger partial charge on any atom is 0.422 e. The Bertz CT molecular complexity index is 374. The topological polar surface area (TPSA) is 35.5 Å². The maximum absolute atomic E-state index is 11.8. The second-order valence-electron chi connectivity index (χ2n) is 2.97. The van der Waals surface area contributed by atoms with E-state index < -0.39 is 18.8 Å². The van der Waals surface area contributed by atoms with Crippen molar-refractivity contribution in [2.75, 3.05) is 6.61 Å². The lowest BCUT2D eigenvalue weighted by atomic mass is 10.3. The highest BCUT2D eigenvalue weighted by molar-refractivity contribution is 5.69. The summed E-state index contributed by atoms with van der Waals surface area (Å²) in [5, 5.41) is 0. The van der Waals surface area contributed by atoms with Crippen LogP contribution in [0.1, 0.15) is 6.92 Å². The van der Waals surface area contributed by atoms with Gasteiger partial charge in [-0.3, -0.25) is 4.79 Å². The van der Waals surface area contributed by atoms with Gasteiger partial charge in [0.25, 0.3) is 0 Å². The Morgan fingerprint density at radius 3 is 2.50 bits per heavy atom. The monoisotopic (exact) mass is 234 g/mol. The van der Waals surface area contributed by atoms with Gasteiger partial charge in [-0.15, -0.1) is 0 Å². The lowest BCUT2D eigenvalue weighted by molar-refractivity contribution is -0.153. The normalized spacial score (nSPS) is 11.0. The van der Waals surface area contributed by atoms with Gasteiger partial charge in [0, 0.05) is 13.0 Å². The highest BCUT2D eigenvalue weighted by Gasteiger charge is 2.28. The highest BCUT2D eigenvalue weighted by Crippen LogP contribution is 2.22. The molecule has 0 unspecified atom stereocenters. The molecular formula is C10H9F3O3. The van der Waals surface area contributed by atoms with Gasteiger partial charge in [0.05, 0.1) is 0 Å². The van der Waals surface area contributed by atoms with E-state index in [1.165, 1.54) is 31.2 Å². The zero-order chi connectivity index (χ0) is 12.2. The molecule has 88 valence electrons. The Balaban J connectivity index is 2.64. The van der Waals surface area contributed by atoms with E-state index in [4.69, 9.17) is 0 Å². The summed E-state index contributed by atoms with van der Waals surface area (Å²) in [5.41, 5.74) is 0. The Hall–Kier alpha value is -1.72. The van der Waals surface area contributed by atoms with E-state index in [1.54, 1.807) is 0 Å². The van der Waals surface area contributed by atoms with Gasteiger partial charge in [0.15, 0.2) is 6.61 Å². The second kappa shape index (κ2) is 4.87. The van der Waals surface area contributed by atoms with E-state index in [0.29, 0.717) is 0 Å². The molecule has 0 fully saturated rings. The summed E-state index contributed by atoms with van der Waals surface area (Å²) in [6.07, 6.45) is -4.39. The molecular weight excluding hydrogens is 225 g/mol. The summed E-state index contributed by atoms with van der Waals surface area (Å²) in [7, 11) is 0. The number of rotatable bonds is 3. The third-order valence-electron chi connectivity index (χ3n) is 1.47. The molecule has 0 N–H and O–H groups in total. The first kappa shape index (κ1) is 12.4. The van der Waals surface area contributed by atoms with E-state index in [2.05, 4.69) is 9.47 Å². The third kappa shape index (κ3) is 4.68. The van der Waals surface area contributed by atoms with Crippen LogP contribution < -0.4 is 9.47 Å². The molecule has 1 aromatic rings.